The van der Waals surface area contributed by atoms with E-state index in [4.69, 9.17) is 19.5 Å². The Morgan fingerprint density at radius 3 is 1.76 bits per heavy atom. The van der Waals surface area contributed by atoms with Gasteiger partial charge in [-0.2, -0.15) is 0 Å². The average Bonchev–Trinajstić information content (AvgIpc) is 4.25. The SMILES string of the molecule is CCC=CCC1=NC2=C(C1)c1cc3c(cc1CC2)-c1ccc(-c2cnc(C(C)=CCC)[nH]2)cc1CO3.CCC=CCC1=Nc2ccc3cc4c(cc3c2C1)OCc1cc(-c2cnc(C(C)=CCC)[nH]2)ccc1-4. The van der Waals surface area contributed by atoms with E-state index in [9.17, 15) is 0 Å². The number of ether oxygens (including phenoxy) is 2. The van der Waals surface area contributed by atoms with Crippen LogP contribution < -0.4 is 9.47 Å². The third-order valence-electron chi connectivity index (χ3n) is 14.7. The second kappa shape index (κ2) is 20.3. The van der Waals surface area contributed by atoms with E-state index in [-0.39, 0.29) is 0 Å². The number of H-pyrrole nitrogens is 2. The van der Waals surface area contributed by atoms with Crippen molar-refractivity contribution < 1.29 is 9.47 Å². The standard InChI is InChI=1S/C32H33N3O.C32H31N3O/c2*1-4-6-7-9-24-16-27-26-17-31-28(15-21(26)11-13-29(27)34-24)25-12-10-22(14-23(25)19-36-31)30-18-33-32(35-30)20(3)8-5-2/h6-8,10,12,14-15,17-18H,4-5,9,11,13,16,19H2,1-3H3,(H,33,35);6-8,10-15,17-18H,4-5,9,16,19H2,1-3H3,(H,33,35). The molecule has 12 rings (SSSR count). The molecule has 362 valence electrons. The first-order valence-electron chi connectivity index (χ1n) is 26.2. The van der Waals surface area contributed by atoms with E-state index in [2.05, 4.69) is 171 Å². The van der Waals surface area contributed by atoms with Gasteiger partial charge in [-0.25, -0.2) is 9.97 Å². The molecular formula is C64H64N6O2. The molecule has 7 aromatic rings. The molecule has 0 saturated heterocycles. The van der Waals surface area contributed by atoms with Crippen LogP contribution in [0.4, 0.5) is 5.69 Å². The third kappa shape index (κ3) is 9.15. The van der Waals surface area contributed by atoms with Crippen LogP contribution in [0.1, 0.15) is 132 Å². The monoisotopic (exact) mass is 949 g/mol. The predicted octanol–water partition coefficient (Wildman–Crippen LogP) is 16.9. The summed E-state index contributed by atoms with van der Waals surface area (Å²) in [7, 11) is 0. The minimum absolute atomic E-state index is 0.566. The van der Waals surface area contributed by atoms with Crippen LogP contribution in [0.15, 0.2) is 137 Å². The summed E-state index contributed by atoms with van der Waals surface area (Å²) < 4.78 is 12.6. The van der Waals surface area contributed by atoms with Crippen molar-refractivity contribution in [3.63, 3.8) is 0 Å². The van der Waals surface area contributed by atoms with Crippen LogP contribution in [0.5, 0.6) is 11.5 Å². The zero-order valence-corrected chi connectivity index (χ0v) is 42.6. The van der Waals surface area contributed by atoms with Crippen LogP contribution >= 0.6 is 0 Å². The van der Waals surface area contributed by atoms with E-state index in [1.165, 1.54) is 89.1 Å². The fourth-order valence-corrected chi connectivity index (χ4v) is 10.9. The number of rotatable bonds is 12. The molecule has 2 aromatic heterocycles. The molecule has 1 aliphatic carbocycles. The summed E-state index contributed by atoms with van der Waals surface area (Å²) in [5.74, 6) is 3.82. The molecule has 6 heterocycles. The van der Waals surface area contributed by atoms with E-state index in [0.29, 0.717) is 13.2 Å². The van der Waals surface area contributed by atoms with Gasteiger partial charge in [-0.3, -0.25) is 9.98 Å². The van der Waals surface area contributed by atoms with E-state index < -0.39 is 0 Å². The van der Waals surface area contributed by atoms with Gasteiger partial charge in [0.25, 0.3) is 0 Å². The Kier molecular flexibility index (Phi) is 13.2. The van der Waals surface area contributed by atoms with Gasteiger partial charge in [0.15, 0.2) is 0 Å². The number of aliphatic imine (C=N–C) groups is 2. The lowest BCUT2D eigenvalue weighted by atomic mass is 9.84. The Bertz CT molecular complexity index is 3490. The summed E-state index contributed by atoms with van der Waals surface area (Å²) in [4.78, 5) is 26.0. The normalized spacial score (nSPS) is 15.5. The molecule has 72 heavy (non-hydrogen) atoms. The molecule has 2 N–H and O–H groups in total. The van der Waals surface area contributed by atoms with Crippen molar-refractivity contribution in [2.24, 2.45) is 9.98 Å². The van der Waals surface area contributed by atoms with Gasteiger partial charge in [-0.1, -0.05) is 94.5 Å². The van der Waals surface area contributed by atoms with Gasteiger partial charge >= 0.3 is 0 Å². The molecule has 0 radical (unpaired) electrons. The maximum absolute atomic E-state index is 6.33. The van der Waals surface area contributed by atoms with E-state index in [1.807, 2.05) is 12.4 Å². The maximum atomic E-state index is 6.33. The van der Waals surface area contributed by atoms with E-state index in [1.54, 1.807) is 0 Å². The fourth-order valence-electron chi connectivity index (χ4n) is 10.9. The Balaban J connectivity index is 0.000000156. The molecule has 0 unspecified atom stereocenters. The van der Waals surface area contributed by atoms with E-state index >= 15 is 0 Å². The van der Waals surface area contributed by atoms with Crippen LogP contribution in [-0.4, -0.2) is 31.4 Å². The number of aromatic amines is 2. The predicted molar refractivity (Wildman–Crippen MR) is 299 cm³/mol. The number of hydrogen-bond donors (Lipinski definition) is 2. The molecule has 8 heteroatoms. The summed E-state index contributed by atoms with van der Waals surface area (Å²) in [5, 5.41) is 2.50. The Morgan fingerprint density at radius 2 is 1.15 bits per heavy atom. The van der Waals surface area contributed by atoms with Gasteiger partial charge in [-0.05, 0) is 172 Å². The number of fused-ring (bicyclic) bond motifs is 11. The number of nitrogens with one attached hydrogen (secondary N) is 2. The molecule has 0 amide bonds. The second-order valence-electron chi connectivity index (χ2n) is 19.6. The molecule has 0 atom stereocenters. The third-order valence-corrected chi connectivity index (χ3v) is 14.7. The first-order valence-corrected chi connectivity index (χ1v) is 26.2. The summed E-state index contributed by atoms with van der Waals surface area (Å²) in [6.07, 6.45) is 27.2. The highest BCUT2D eigenvalue weighted by molar-refractivity contribution is 6.04. The quantitative estimate of drug-likeness (QED) is 0.119. The molecule has 5 aliphatic rings. The van der Waals surface area contributed by atoms with Crippen LogP contribution in [0, 0.1) is 0 Å². The van der Waals surface area contributed by atoms with Crippen molar-refractivity contribution in [3.05, 3.63) is 167 Å². The van der Waals surface area contributed by atoms with Crippen molar-refractivity contribution in [3.8, 4) is 56.3 Å². The number of aryl methyl sites for hydroxylation is 1. The molecule has 4 aliphatic heterocycles. The number of imidazole rings is 2. The minimum Gasteiger partial charge on any atom is -0.488 e. The zero-order valence-electron chi connectivity index (χ0n) is 42.6. The Morgan fingerprint density at radius 1 is 0.556 bits per heavy atom. The number of allylic oxidation sites excluding steroid dienone is 10. The lowest BCUT2D eigenvalue weighted by molar-refractivity contribution is 0.302. The Labute approximate surface area is 424 Å². The largest absolute Gasteiger partial charge is 0.488 e. The Hall–Kier alpha value is -7.58. The highest BCUT2D eigenvalue weighted by atomic mass is 16.5. The maximum Gasteiger partial charge on any atom is 0.133 e. The van der Waals surface area contributed by atoms with Crippen molar-refractivity contribution in [1.82, 2.24) is 19.9 Å². The van der Waals surface area contributed by atoms with Crippen LogP contribution in [0.3, 0.4) is 0 Å². The van der Waals surface area contributed by atoms with Gasteiger partial charge < -0.3 is 19.4 Å². The first-order chi connectivity index (χ1) is 35.3. The molecular weight excluding hydrogens is 885 g/mol. The zero-order chi connectivity index (χ0) is 49.3. The highest BCUT2D eigenvalue weighted by Gasteiger charge is 2.29. The molecule has 0 spiro atoms. The van der Waals surface area contributed by atoms with Crippen molar-refractivity contribution in [1.29, 1.82) is 0 Å². The summed E-state index contributed by atoms with van der Waals surface area (Å²) in [6, 6.07) is 26.8. The number of nitrogens with zero attached hydrogens (tertiary/aromatic N) is 4. The smallest absolute Gasteiger partial charge is 0.133 e. The fraction of sp³-hybridized carbons (Fsp3) is 0.281. The summed E-state index contributed by atoms with van der Waals surface area (Å²) >= 11 is 0. The van der Waals surface area contributed by atoms with Crippen molar-refractivity contribution >= 4 is 44.6 Å². The average molecular weight is 949 g/mol. The molecule has 5 aromatic carbocycles. The van der Waals surface area contributed by atoms with Crippen LogP contribution in [0.25, 0.3) is 72.3 Å². The van der Waals surface area contributed by atoms with Gasteiger partial charge in [0.05, 0.1) is 29.5 Å². The molecule has 0 bridgehead atoms. The lowest BCUT2D eigenvalue weighted by Crippen LogP contribution is -2.09. The minimum atomic E-state index is 0.566. The summed E-state index contributed by atoms with van der Waals surface area (Å²) in [5.41, 5.74) is 24.4. The highest BCUT2D eigenvalue weighted by Crippen LogP contribution is 2.47. The van der Waals surface area contributed by atoms with Crippen LogP contribution in [-0.2, 0) is 26.1 Å². The molecule has 8 nitrogen and oxygen atoms in total. The van der Waals surface area contributed by atoms with Gasteiger partial charge in [0, 0.05) is 53.9 Å². The van der Waals surface area contributed by atoms with Crippen molar-refractivity contribution in [2.75, 3.05) is 0 Å². The van der Waals surface area contributed by atoms with Crippen molar-refractivity contribution in [2.45, 2.75) is 119 Å². The number of benzene rings is 5. The first kappa shape index (κ1) is 46.8. The number of aromatic nitrogens is 4. The second-order valence-corrected chi connectivity index (χ2v) is 19.6. The topological polar surface area (TPSA) is 101 Å². The van der Waals surface area contributed by atoms with Crippen LogP contribution in [0.2, 0.25) is 0 Å². The lowest BCUT2D eigenvalue weighted by Gasteiger charge is -2.26. The van der Waals surface area contributed by atoms with Gasteiger partial charge in [0.2, 0.25) is 0 Å². The molecule has 0 saturated carbocycles. The number of hydrogen-bond acceptors (Lipinski definition) is 6. The van der Waals surface area contributed by atoms with Gasteiger partial charge in [0.1, 0.15) is 36.4 Å². The van der Waals surface area contributed by atoms with Gasteiger partial charge in [-0.15, -0.1) is 0 Å². The van der Waals surface area contributed by atoms with E-state index in [0.717, 1.165) is 121 Å². The summed E-state index contributed by atoms with van der Waals surface area (Å²) in [6.45, 7) is 14.0. The molecule has 0 fully saturated rings.